The second-order valence-electron chi connectivity index (χ2n) is 5.00. The Morgan fingerprint density at radius 1 is 1.12 bits per heavy atom. The van der Waals surface area contributed by atoms with E-state index in [2.05, 4.69) is 20.8 Å². The minimum absolute atomic E-state index is 0. The van der Waals surface area contributed by atoms with Crippen LogP contribution in [0.5, 0.6) is 17.2 Å². The molecule has 0 saturated carbocycles. The fourth-order valence-electron chi connectivity index (χ4n) is 2.17. The van der Waals surface area contributed by atoms with Crippen molar-refractivity contribution >= 4 is 24.2 Å². The van der Waals surface area contributed by atoms with Gasteiger partial charge in [0.05, 0.1) is 21.3 Å². The molecular formula is C15H24ClN5O3S. The van der Waals surface area contributed by atoms with Crippen molar-refractivity contribution in [3.63, 3.8) is 0 Å². The second kappa shape index (κ2) is 11.0. The summed E-state index contributed by atoms with van der Waals surface area (Å²) in [4.78, 5) is 0. The summed E-state index contributed by atoms with van der Waals surface area (Å²) < 4.78 is 17.7. The summed E-state index contributed by atoms with van der Waals surface area (Å²) in [6, 6.07) is 3.91. The molecule has 0 saturated heterocycles. The lowest BCUT2D eigenvalue weighted by Gasteiger charge is -2.14. The molecule has 0 amide bonds. The van der Waals surface area contributed by atoms with E-state index in [4.69, 9.17) is 14.2 Å². The second-order valence-corrected chi connectivity index (χ2v) is 6.06. The number of thioether (sulfide) groups is 1. The fourth-order valence-corrected chi connectivity index (χ4v) is 2.96. The zero-order chi connectivity index (χ0) is 17.4. The van der Waals surface area contributed by atoms with E-state index in [1.54, 1.807) is 37.8 Å². The zero-order valence-corrected chi connectivity index (χ0v) is 16.4. The molecule has 8 nitrogen and oxygen atoms in total. The first-order valence-electron chi connectivity index (χ1n) is 7.54. The van der Waals surface area contributed by atoms with Crippen LogP contribution in [0.1, 0.15) is 12.0 Å². The number of hydrogen-bond acceptors (Lipinski definition) is 8. The molecule has 2 aromatic rings. The van der Waals surface area contributed by atoms with E-state index in [-0.39, 0.29) is 12.4 Å². The van der Waals surface area contributed by atoms with Crippen molar-refractivity contribution in [3.05, 3.63) is 17.7 Å². The van der Waals surface area contributed by atoms with Crippen molar-refractivity contribution in [2.75, 3.05) is 33.6 Å². The van der Waals surface area contributed by atoms with Crippen LogP contribution >= 0.6 is 24.2 Å². The SMILES string of the molecule is COc1cc(CNCCCSc2nnnn2C)cc(OC)c1OC.Cl. The number of aryl methyl sites for hydroxylation is 1. The smallest absolute Gasteiger partial charge is 0.209 e. The summed E-state index contributed by atoms with van der Waals surface area (Å²) in [5.41, 5.74) is 1.08. The van der Waals surface area contributed by atoms with Gasteiger partial charge in [-0.3, -0.25) is 0 Å². The molecule has 0 atom stereocenters. The number of hydrogen-bond donors (Lipinski definition) is 1. The number of rotatable bonds is 10. The largest absolute Gasteiger partial charge is 0.493 e. The average Bonchev–Trinajstić information content (AvgIpc) is 3.01. The molecule has 2 rings (SSSR count). The van der Waals surface area contributed by atoms with Crippen molar-refractivity contribution in [1.29, 1.82) is 0 Å². The molecule has 0 spiro atoms. The maximum Gasteiger partial charge on any atom is 0.209 e. The Balaban J connectivity index is 0.00000312. The summed E-state index contributed by atoms with van der Waals surface area (Å²) in [5.74, 6) is 2.90. The zero-order valence-electron chi connectivity index (χ0n) is 14.8. The van der Waals surface area contributed by atoms with E-state index in [1.807, 2.05) is 19.2 Å². The number of aromatic nitrogens is 4. The molecule has 1 aromatic heterocycles. The molecule has 10 heteroatoms. The highest BCUT2D eigenvalue weighted by atomic mass is 35.5. The molecule has 0 radical (unpaired) electrons. The first-order chi connectivity index (χ1) is 11.7. The van der Waals surface area contributed by atoms with E-state index in [0.29, 0.717) is 17.2 Å². The van der Waals surface area contributed by atoms with Gasteiger partial charge in [0.1, 0.15) is 0 Å². The van der Waals surface area contributed by atoms with Crippen molar-refractivity contribution < 1.29 is 14.2 Å². The molecule has 140 valence electrons. The monoisotopic (exact) mass is 389 g/mol. The van der Waals surface area contributed by atoms with Crippen LogP contribution in [0.2, 0.25) is 0 Å². The highest BCUT2D eigenvalue weighted by molar-refractivity contribution is 7.99. The van der Waals surface area contributed by atoms with E-state index in [9.17, 15) is 0 Å². The molecule has 0 aliphatic rings. The molecule has 1 heterocycles. The Labute approximate surface area is 158 Å². The molecule has 0 aliphatic heterocycles. The Kier molecular flexibility index (Phi) is 9.40. The number of benzene rings is 1. The Morgan fingerprint density at radius 2 is 1.80 bits per heavy atom. The molecule has 0 fully saturated rings. The van der Waals surface area contributed by atoms with Crippen molar-refractivity contribution in [2.24, 2.45) is 7.05 Å². The van der Waals surface area contributed by atoms with Crippen LogP contribution in [0.3, 0.4) is 0 Å². The van der Waals surface area contributed by atoms with Gasteiger partial charge in [0.2, 0.25) is 10.9 Å². The van der Waals surface area contributed by atoms with Gasteiger partial charge < -0.3 is 19.5 Å². The standard InChI is InChI=1S/C15H23N5O3S.ClH/c1-20-15(17-18-19-20)24-7-5-6-16-10-11-8-12(21-2)14(23-4)13(9-11)22-3;/h8-9,16H,5-7,10H2,1-4H3;1H. The van der Waals surface area contributed by atoms with Crippen LogP contribution in [-0.2, 0) is 13.6 Å². The Bertz CT molecular complexity index is 631. The van der Waals surface area contributed by atoms with Crippen molar-refractivity contribution in [1.82, 2.24) is 25.5 Å². The quantitative estimate of drug-likeness (QED) is 0.487. The van der Waals surface area contributed by atoms with Gasteiger partial charge in [0.15, 0.2) is 11.5 Å². The minimum Gasteiger partial charge on any atom is -0.493 e. The minimum atomic E-state index is 0. The van der Waals surface area contributed by atoms with Crippen LogP contribution in [0, 0.1) is 0 Å². The van der Waals surface area contributed by atoms with E-state index in [0.717, 1.165) is 36.0 Å². The number of tetrazole rings is 1. The van der Waals surface area contributed by atoms with Gasteiger partial charge in [-0.2, -0.15) is 0 Å². The van der Waals surface area contributed by atoms with Gasteiger partial charge in [0.25, 0.3) is 0 Å². The number of ether oxygens (including phenoxy) is 3. The maximum absolute atomic E-state index is 5.36. The molecule has 1 aromatic carbocycles. The molecule has 25 heavy (non-hydrogen) atoms. The van der Waals surface area contributed by atoms with E-state index < -0.39 is 0 Å². The highest BCUT2D eigenvalue weighted by Crippen LogP contribution is 2.38. The molecular weight excluding hydrogens is 366 g/mol. The van der Waals surface area contributed by atoms with Crippen molar-refractivity contribution in [2.45, 2.75) is 18.1 Å². The molecule has 0 unspecified atom stereocenters. The number of methoxy groups -OCH3 is 3. The number of halogens is 1. The predicted molar refractivity (Wildman–Crippen MR) is 99.2 cm³/mol. The third kappa shape index (κ3) is 5.94. The van der Waals surface area contributed by atoms with Gasteiger partial charge in [-0.1, -0.05) is 11.8 Å². The lowest BCUT2D eigenvalue weighted by Crippen LogP contribution is -2.15. The fraction of sp³-hybridized carbons (Fsp3) is 0.533. The predicted octanol–water partition coefficient (Wildman–Crippen LogP) is 1.93. The molecule has 0 bridgehead atoms. The summed E-state index contributed by atoms with van der Waals surface area (Å²) in [7, 11) is 6.67. The van der Waals surface area contributed by atoms with Crippen LogP contribution in [0.25, 0.3) is 0 Å². The normalized spacial score (nSPS) is 10.2. The summed E-state index contributed by atoms with van der Waals surface area (Å²) in [5, 5.41) is 15.6. The van der Waals surface area contributed by atoms with Gasteiger partial charge in [-0.15, -0.1) is 17.5 Å². The van der Waals surface area contributed by atoms with Gasteiger partial charge in [-0.25, -0.2) is 4.68 Å². The van der Waals surface area contributed by atoms with Crippen LogP contribution < -0.4 is 19.5 Å². The third-order valence-corrected chi connectivity index (χ3v) is 4.46. The van der Waals surface area contributed by atoms with Gasteiger partial charge in [0, 0.05) is 19.3 Å². The number of nitrogens with zero attached hydrogens (tertiary/aromatic N) is 4. The average molecular weight is 390 g/mol. The summed E-state index contributed by atoms with van der Waals surface area (Å²) >= 11 is 1.65. The van der Waals surface area contributed by atoms with Gasteiger partial charge >= 0.3 is 0 Å². The summed E-state index contributed by atoms with van der Waals surface area (Å²) in [6.45, 7) is 1.63. The van der Waals surface area contributed by atoms with E-state index in [1.165, 1.54) is 0 Å². The van der Waals surface area contributed by atoms with E-state index >= 15 is 0 Å². The molecule has 1 N–H and O–H groups in total. The van der Waals surface area contributed by atoms with Crippen LogP contribution in [-0.4, -0.2) is 53.8 Å². The molecule has 0 aliphatic carbocycles. The Morgan fingerprint density at radius 3 is 2.32 bits per heavy atom. The Hall–Kier alpha value is -1.71. The lowest BCUT2D eigenvalue weighted by atomic mass is 10.1. The van der Waals surface area contributed by atoms with Gasteiger partial charge in [-0.05, 0) is 41.1 Å². The van der Waals surface area contributed by atoms with Crippen LogP contribution in [0.15, 0.2) is 17.3 Å². The third-order valence-electron chi connectivity index (χ3n) is 3.36. The maximum atomic E-state index is 5.36. The lowest BCUT2D eigenvalue weighted by molar-refractivity contribution is 0.323. The van der Waals surface area contributed by atoms with Crippen molar-refractivity contribution in [3.8, 4) is 17.2 Å². The number of nitrogens with one attached hydrogen (secondary N) is 1. The first-order valence-corrected chi connectivity index (χ1v) is 8.53. The summed E-state index contributed by atoms with van der Waals surface area (Å²) in [6.07, 6.45) is 1.02. The van der Waals surface area contributed by atoms with Crippen LogP contribution in [0.4, 0.5) is 0 Å². The topological polar surface area (TPSA) is 83.3 Å². The highest BCUT2D eigenvalue weighted by Gasteiger charge is 2.12. The first kappa shape index (κ1) is 21.3.